The molecule has 0 aromatic rings. The van der Waals surface area contributed by atoms with Crippen LogP contribution in [0.5, 0.6) is 0 Å². The number of phosphoric acid groups is 1. The Morgan fingerprint density at radius 1 is 0.686 bits per heavy atom. The highest BCUT2D eigenvalue weighted by Gasteiger charge is 2.26. The number of aliphatic carboxylic acids is 1. The van der Waals surface area contributed by atoms with Crippen LogP contribution in [0.1, 0.15) is 0 Å². The monoisotopic (exact) mass is 549 g/mol. The Morgan fingerprint density at radius 3 is 0.971 bits per heavy atom. The maximum Gasteiger partial charge on any atom is 0.164 e. The minimum atomic E-state index is -5.21. The molecule has 20 heteroatoms. The lowest BCUT2D eigenvalue weighted by atomic mass is 10.1. The van der Waals surface area contributed by atoms with Gasteiger partial charge < -0.3 is 97.0 Å². The van der Waals surface area contributed by atoms with E-state index in [-0.39, 0.29) is 59.5 Å². The SMILES string of the molecule is O=C([O-])[C@H](O)COP(=O)([O-])[O-].[NH3+]C(CO)(CO)CO.[NH3+]C(CO)(CO)CO.[NH3+]C(CO)(CO)CO. The molecule has 0 fully saturated rings. The zero-order chi connectivity index (χ0) is 28.9. The minimum absolute atomic E-state index is 0.292. The molecule has 0 aliphatic rings. The van der Waals surface area contributed by atoms with Gasteiger partial charge in [0.1, 0.15) is 65.6 Å². The van der Waals surface area contributed by atoms with Crippen molar-refractivity contribution in [3.8, 4) is 0 Å². The molecule has 0 aliphatic heterocycles. The Bertz CT molecular complexity index is 487. The first-order valence-electron chi connectivity index (χ1n) is 9.47. The number of carbonyl (C=O) groups is 1. The Balaban J connectivity index is -0.000000185. The van der Waals surface area contributed by atoms with E-state index >= 15 is 0 Å². The van der Waals surface area contributed by atoms with Crippen LogP contribution < -0.4 is 32.1 Å². The largest absolute Gasteiger partial charge is 0.790 e. The van der Waals surface area contributed by atoms with E-state index in [4.69, 9.17) is 51.1 Å². The molecule has 1 atom stereocenters. The number of aliphatic hydroxyl groups is 10. The summed E-state index contributed by atoms with van der Waals surface area (Å²) in [5, 5.41) is 93.6. The zero-order valence-corrected chi connectivity index (χ0v) is 20.0. The average Bonchev–Trinajstić information content (AvgIpc) is 2.86. The van der Waals surface area contributed by atoms with E-state index in [9.17, 15) is 24.3 Å². The van der Waals surface area contributed by atoms with Gasteiger partial charge in [-0.15, -0.1) is 0 Å². The second kappa shape index (κ2) is 21.2. The summed E-state index contributed by atoms with van der Waals surface area (Å²) in [6, 6.07) is 0. The number of quaternary nitrogens is 3. The lowest BCUT2D eigenvalue weighted by molar-refractivity contribution is -0.495. The van der Waals surface area contributed by atoms with Crippen LogP contribution in [0.4, 0.5) is 0 Å². The third kappa shape index (κ3) is 24.5. The fraction of sp³-hybridized carbons (Fsp3) is 0.933. The van der Waals surface area contributed by atoms with Crippen LogP contribution in [-0.4, -0.2) is 146 Å². The van der Waals surface area contributed by atoms with Gasteiger partial charge in [0.15, 0.2) is 16.6 Å². The predicted octanol–water partition coefficient (Wildman–Crippen LogP) is -13.2. The summed E-state index contributed by atoms with van der Waals surface area (Å²) in [6.45, 7) is -3.74. The van der Waals surface area contributed by atoms with Crippen molar-refractivity contribution in [2.24, 2.45) is 0 Å². The highest BCUT2D eigenvalue weighted by atomic mass is 31.2. The van der Waals surface area contributed by atoms with Crippen LogP contribution in [0.2, 0.25) is 0 Å². The topological polar surface area (TPSA) is 398 Å². The van der Waals surface area contributed by atoms with Crippen molar-refractivity contribution in [1.29, 1.82) is 0 Å². The van der Waals surface area contributed by atoms with Gasteiger partial charge in [-0.05, 0) is 0 Å². The van der Waals surface area contributed by atoms with Gasteiger partial charge in [-0.2, -0.15) is 0 Å². The predicted molar refractivity (Wildman–Crippen MR) is 105 cm³/mol. The fourth-order valence-electron chi connectivity index (χ4n) is 0.680. The molecular formula is C15H40N3O16P. The second-order valence-corrected chi connectivity index (χ2v) is 8.65. The molecule has 0 radical (unpaired) electrons. The Hall–Kier alpha value is -0.940. The highest BCUT2D eigenvalue weighted by molar-refractivity contribution is 7.43. The maximum atomic E-state index is 9.68. The smallest absolute Gasteiger partial charge is 0.164 e. The van der Waals surface area contributed by atoms with E-state index in [2.05, 4.69) is 21.7 Å². The normalized spacial score (nSPS) is 12.8. The Labute approximate surface area is 200 Å². The van der Waals surface area contributed by atoms with Gasteiger partial charge in [0.2, 0.25) is 0 Å². The molecule has 19 N–H and O–H groups in total. The molecule has 0 aliphatic carbocycles. The Kier molecular flexibility index (Phi) is 24.9. The van der Waals surface area contributed by atoms with Gasteiger partial charge in [-0.1, -0.05) is 0 Å². The van der Waals surface area contributed by atoms with E-state index in [0.29, 0.717) is 0 Å². The number of hydrogen-bond donors (Lipinski definition) is 13. The molecule has 19 nitrogen and oxygen atoms in total. The molecule has 0 spiro atoms. The molecule has 0 aromatic heterocycles. The molecule has 216 valence electrons. The third-order valence-corrected chi connectivity index (χ3v) is 4.15. The number of aliphatic hydroxyl groups excluding tert-OH is 10. The molecule has 0 bridgehead atoms. The first-order valence-corrected chi connectivity index (χ1v) is 10.9. The van der Waals surface area contributed by atoms with Gasteiger partial charge in [0, 0.05) is 0 Å². The summed E-state index contributed by atoms with van der Waals surface area (Å²) < 4.78 is 13.1. The molecule has 0 heterocycles. The van der Waals surface area contributed by atoms with Gasteiger partial charge in [-0.3, -0.25) is 0 Å². The summed E-state index contributed by atoms with van der Waals surface area (Å²) in [5.74, 6) is -1.90. The maximum absolute atomic E-state index is 9.68. The molecule has 0 saturated heterocycles. The van der Waals surface area contributed by atoms with Crippen LogP contribution in [0.3, 0.4) is 0 Å². The average molecular weight is 549 g/mol. The number of carboxylic acids is 1. The number of carbonyl (C=O) groups excluding carboxylic acids is 1. The second-order valence-electron chi connectivity index (χ2n) is 7.50. The van der Waals surface area contributed by atoms with Crippen molar-refractivity contribution < 1.29 is 97.0 Å². The number of carboxylic acid groups (broad SMARTS) is 1. The van der Waals surface area contributed by atoms with Crippen molar-refractivity contribution >= 4 is 13.8 Å². The Morgan fingerprint density at radius 2 is 0.886 bits per heavy atom. The van der Waals surface area contributed by atoms with Gasteiger partial charge in [0.25, 0.3) is 0 Å². The molecule has 0 aromatic carbocycles. The summed E-state index contributed by atoms with van der Waals surface area (Å²) in [6.07, 6.45) is -2.11. The summed E-state index contributed by atoms with van der Waals surface area (Å²) in [7, 11) is -5.21. The van der Waals surface area contributed by atoms with Crippen LogP contribution in [0, 0.1) is 0 Å². The van der Waals surface area contributed by atoms with Crippen molar-refractivity contribution in [1.82, 2.24) is 0 Å². The fourth-order valence-corrected chi connectivity index (χ4v) is 1.00. The van der Waals surface area contributed by atoms with Crippen molar-refractivity contribution in [2.75, 3.05) is 66.1 Å². The number of hydrogen-bond acceptors (Lipinski definition) is 16. The summed E-state index contributed by atoms with van der Waals surface area (Å²) in [5.41, 5.74) is 7.25. The molecule has 0 unspecified atom stereocenters. The van der Waals surface area contributed by atoms with Crippen LogP contribution in [0.15, 0.2) is 0 Å². The highest BCUT2D eigenvalue weighted by Crippen LogP contribution is 2.24. The van der Waals surface area contributed by atoms with E-state index in [1.165, 1.54) is 0 Å². The molecule has 35 heavy (non-hydrogen) atoms. The lowest BCUT2D eigenvalue weighted by Gasteiger charge is -2.29. The van der Waals surface area contributed by atoms with Crippen LogP contribution in [0.25, 0.3) is 0 Å². The van der Waals surface area contributed by atoms with Gasteiger partial charge in [0.05, 0.1) is 20.4 Å². The van der Waals surface area contributed by atoms with Crippen molar-refractivity contribution in [2.45, 2.75) is 22.7 Å². The van der Waals surface area contributed by atoms with Gasteiger partial charge in [-0.25, -0.2) is 0 Å². The summed E-state index contributed by atoms with van der Waals surface area (Å²) in [4.78, 5) is 29.0. The molecule has 0 saturated carbocycles. The van der Waals surface area contributed by atoms with E-state index in [1.54, 1.807) is 0 Å². The third-order valence-electron chi connectivity index (χ3n) is 3.68. The lowest BCUT2D eigenvalue weighted by Crippen LogP contribution is -2.78. The van der Waals surface area contributed by atoms with Crippen molar-refractivity contribution in [3.63, 3.8) is 0 Å². The first kappa shape index (κ1) is 41.2. The number of phosphoric ester groups is 1. The van der Waals surface area contributed by atoms with Crippen molar-refractivity contribution in [3.05, 3.63) is 0 Å². The quantitative estimate of drug-likeness (QED) is 0.0947. The first-order chi connectivity index (χ1) is 15.9. The number of rotatable bonds is 13. The zero-order valence-electron chi connectivity index (χ0n) is 19.1. The van der Waals surface area contributed by atoms with Crippen LogP contribution >= 0.6 is 7.82 Å². The molecular weight excluding hydrogens is 509 g/mol. The van der Waals surface area contributed by atoms with E-state index < -0.39 is 43.1 Å². The molecule has 0 amide bonds. The molecule has 0 rings (SSSR count). The standard InChI is InChI=1S/3C4H11NO3.C3H7O7P/c3*5-4(1-6,2-7)3-8;4-2(3(5)6)1-10-11(7,8)9/h3*6-8H,1-3,5H2;2,4H,1H2,(H,5,6)(H2,7,8,9)/t;;;2-/m...1/s1. The summed E-state index contributed by atoms with van der Waals surface area (Å²) >= 11 is 0. The van der Waals surface area contributed by atoms with E-state index in [0.717, 1.165) is 0 Å². The van der Waals surface area contributed by atoms with E-state index in [1.807, 2.05) is 0 Å². The van der Waals surface area contributed by atoms with Gasteiger partial charge >= 0.3 is 0 Å². The van der Waals surface area contributed by atoms with Crippen LogP contribution in [-0.2, 0) is 13.9 Å². The minimum Gasteiger partial charge on any atom is -0.790 e.